The maximum Gasteiger partial charge on any atom is 0.261 e. The normalized spacial score (nSPS) is 15.9. The topological polar surface area (TPSA) is 88.2 Å². The van der Waals surface area contributed by atoms with Gasteiger partial charge in [0, 0.05) is 51.1 Å². The smallest absolute Gasteiger partial charge is 0.261 e. The largest absolute Gasteiger partial charge is 0.497 e. The van der Waals surface area contributed by atoms with Gasteiger partial charge in [-0.2, -0.15) is 0 Å². The van der Waals surface area contributed by atoms with Crippen molar-refractivity contribution in [3.63, 3.8) is 0 Å². The highest BCUT2D eigenvalue weighted by molar-refractivity contribution is 7.92. The number of hydrogen-bond donors (Lipinski definition) is 1. The summed E-state index contributed by atoms with van der Waals surface area (Å²) >= 11 is 0. The van der Waals surface area contributed by atoms with Crippen LogP contribution in [0.4, 0.5) is 11.4 Å². The Labute approximate surface area is 202 Å². The van der Waals surface area contributed by atoms with Crippen molar-refractivity contribution in [1.29, 1.82) is 0 Å². The first-order valence-electron chi connectivity index (χ1n) is 11.5. The van der Waals surface area contributed by atoms with Crippen LogP contribution < -0.4 is 14.4 Å². The Hall–Kier alpha value is -2.78. The van der Waals surface area contributed by atoms with E-state index in [1.54, 1.807) is 24.3 Å². The summed E-state index contributed by atoms with van der Waals surface area (Å²) in [6.07, 6.45) is 1.96. The minimum atomic E-state index is -3.78. The summed E-state index contributed by atoms with van der Waals surface area (Å²) in [5.41, 5.74) is 2.21. The lowest BCUT2D eigenvalue weighted by Gasteiger charge is -2.29. The second kappa shape index (κ2) is 11.1. The van der Waals surface area contributed by atoms with Crippen LogP contribution in [0.2, 0.25) is 0 Å². The highest BCUT2D eigenvalue weighted by atomic mass is 32.2. The van der Waals surface area contributed by atoms with Crippen LogP contribution in [0.25, 0.3) is 0 Å². The number of carbonyl (C=O) groups is 1. The van der Waals surface area contributed by atoms with E-state index in [-0.39, 0.29) is 22.8 Å². The molecule has 1 saturated heterocycles. The molecule has 0 unspecified atom stereocenters. The Bertz CT molecular complexity index is 1080. The third-order valence-electron chi connectivity index (χ3n) is 5.80. The van der Waals surface area contributed by atoms with Gasteiger partial charge < -0.3 is 19.3 Å². The molecule has 0 spiro atoms. The molecule has 9 heteroatoms. The van der Waals surface area contributed by atoms with Gasteiger partial charge in [-0.1, -0.05) is 13.8 Å². The van der Waals surface area contributed by atoms with E-state index in [0.717, 1.165) is 30.7 Å². The second-order valence-corrected chi connectivity index (χ2v) is 10.7. The molecule has 0 aromatic heterocycles. The van der Waals surface area contributed by atoms with E-state index in [4.69, 9.17) is 9.47 Å². The van der Waals surface area contributed by atoms with Gasteiger partial charge in [0.1, 0.15) is 5.75 Å². The molecule has 1 heterocycles. The number of anilines is 2. The average molecular weight is 490 g/mol. The Balaban J connectivity index is 1.88. The van der Waals surface area contributed by atoms with Crippen molar-refractivity contribution < 1.29 is 22.7 Å². The van der Waals surface area contributed by atoms with Crippen molar-refractivity contribution in [2.45, 2.75) is 44.2 Å². The summed E-state index contributed by atoms with van der Waals surface area (Å²) in [5, 5.41) is 0. The van der Waals surface area contributed by atoms with Crippen LogP contribution in [-0.2, 0) is 26.1 Å². The highest BCUT2D eigenvalue weighted by Crippen LogP contribution is 2.28. The van der Waals surface area contributed by atoms with E-state index in [9.17, 15) is 13.2 Å². The number of benzene rings is 2. The first-order valence-corrected chi connectivity index (χ1v) is 13.0. The number of carbonyl (C=O) groups excluding carboxylic acids is 1. The SMILES string of the molecule is COc1ccc(S(=O)(=O)Nc2ccc(N(C)C)c(CN(C[C@@H]3CCCO3)C(=O)C(C)C)c2)cc1. The molecule has 0 saturated carbocycles. The molecular weight excluding hydrogens is 454 g/mol. The van der Waals surface area contributed by atoms with Crippen molar-refractivity contribution in [2.24, 2.45) is 5.92 Å². The minimum Gasteiger partial charge on any atom is -0.497 e. The van der Waals surface area contributed by atoms with Gasteiger partial charge in [-0.05, 0) is 60.9 Å². The summed E-state index contributed by atoms with van der Waals surface area (Å²) in [5.74, 6) is 0.475. The maximum absolute atomic E-state index is 13.0. The molecule has 1 aliphatic heterocycles. The van der Waals surface area contributed by atoms with Gasteiger partial charge in [0.2, 0.25) is 5.91 Å². The molecule has 1 atom stereocenters. The Kier molecular flexibility index (Phi) is 8.43. The molecule has 8 nitrogen and oxygen atoms in total. The molecular formula is C25H35N3O5S. The van der Waals surface area contributed by atoms with Crippen molar-refractivity contribution in [2.75, 3.05) is 44.0 Å². The highest BCUT2D eigenvalue weighted by Gasteiger charge is 2.25. The summed E-state index contributed by atoms with van der Waals surface area (Å²) < 4.78 is 39.4. The van der Waals surface area contributed by atoms with Gasteiger partial charge in [0.15, 0.2) is 0 Å². The van der Waals surface area contributed by atoms with E-state index < -0.39 is 10.0 Å². The van der Waals surface area contributed by atoms with Crippen LogP contribution >= 0.6 is 0 Å². The van der Waals surface area contributed by atoms with Gasteiger partial charge in [-0.15, -0.1) is 0 Å². The lowest BCUT2D eigenvalue weighted by Crippen LogP contribution is -2.39. The van der Waals surface area contributed by atoms with Crippen LogP contribution in [0.5, 0.6) is 5.75 Å². The zero-order valence-corrected chi connectivity index (χ0v) is 21.4. The van der Waals surface area contributed by atoms with Crippen molar-refractivity contribution in [3.05, 3.63) is 48.0 Å². The Morgan fingerprint density at radius 1 is 1.18 bits per heavy atom. The monoisotopic (exact) mass is 489 g/mol. The lowest BCUT2D eigenvalue weighted by molar-refractivity contribution is -0.136. The fourth-order valence-electron chi connectivity index (χ4n) is 4.02. The number of sulfonamides is 1. The van der Waals surface area contributed by atoms with E-state index in [1.807, 2.05) is 43.8 Å². The van der Waals surface area contributed by atoms with Crippen molar-refractivity contribution in [3.8, 4) is 5.75 Å². The number of hydrogen-bond acceptors (Lipinski definition) is 6. The van der Waals surface area contributed by atoms with Crippen LogP contribution in [0.3, 0.4) is 0 Å². The fourth-order valence-corrected chi connectivity index (χ4v) is 5.07. The van der Waals surface area contributed by atoms with E-state index in [1.165, 1.54) is 19.2 Å². The minimum absolute atomic E-state index is 0.0299. The molecule has 2 aromatic rings. The molecule has 1 amide bonds. The summed E-state index contributed by atoms with van der Waals surface area (Å²) in [4.78, 5) is 16.9. The van der Waals surface area contributed by atoms with Crippen LogP contribution in [0, 0.1) is 5.92 Å². The molecule has 186 valence electrons. The Morgan fingerprint density at radius 2 is 1.88 bits per heavy atom. The molecule has 1 fully saturated rings. The van der Waals surface area contributed by atoms with Crippen molar-refractivity contribution in [1.82, 2.24) is 4.90 Å². The van der Waals surface area contributed by atoms with Gasteiger partial charge >= 0.3 is 0 Å². The molecule has 2 aromatic carbocycles. The third kappa shape index (κ3) is 6.42. The third-order valence-corrected chi connectivity index (χ3v) is 7.20. The van der Waals surface area contributed by atoms with E-state index in [0.29, 0.717) is 24.5 Å². The number of amides is 1. The van der Waals surface area contributed by atoms with Gasteiger partial charge in [0.05, 0.1) is 18.1 Å². The number of rotatable bonds is 10. The van der Waals surface area contributed by atoms with E-state index in [2.05, 4.69) is 4.72 Å². The van der Waals surface area contributed by atoms with Gasteiger partial charge in [-0.25, -0.2) is 8.42 Å². The quantitative estimate of drug-likeness (QED) is 0.547. The molecule has 0 bridgehead atoms. The molecule has 3 rings (SSSR count). The first-order chi connectivity index (χ1) is 16.1. The second-order valence-electron chi connectivity index (χ2n) is 9.03. The van der Waals surface area contributed by atoms with Crippen LogP contribution in [-0.4, -0.2) is 59.7 Å². The average Bonchev–Trinajstić information content (AvgIpc) is 3.31. The zero-order valence-electron chi connectivity index (χ0n) is 20.6. The number of nitrogens with one attached hydrogen (secondary N) is 1. The molecule has 1 N–H and O–H groups in total. The van der Waals surface area contributed by atoms with Crippen LogP contribution in [0.15, 0.2) is 47.4 Å². The summed E-state index contributed by atoms with van der Waals surface area (Å²) in [7, 11) is 1.60. The van der Waals surface area contributed by atoms with Crippen molar-refractivity contribution >= 4 is 27.3 Å². The number of nitrogens with zero attached hydrogens (tertiary/aromatic N) is 2. The van der Waals surface area contributed by atoms with Gasteiger partial charge in [0.25, 0.3) is 10.0 Å². The maximum atomic E-state index is 13.0. The number of methoxy groups -OCH3 is 1. The molecule has 1 aliphatic rings. The Morgan fingerprint density at radius 3 is 2.44 bits per heavy atom. The standard InChI is InChI=1S/C25H35N3O5S/c1-18(2)25(29)28(17-22-7-6-14-33-22)16-19-15-20(8-13-24(19)27(3)4)26-34(30,31)23-11-9-21(32-5)10-12-23/h8-13,15,18,22,26H,6-7,14,16-17H2,1-5H3/t22-/m0/s1. The molecule has 0 aliphatic carbocycles. The molecule has 0 radical (unpaired) electrons. The molecule has 34 heavy (non-hydrogen) atoms. The zero-order chi connectivity index (χ0) is 24.9. The number of ether oxygens (including phenoxy) is 2. The van der Waals surface area contributed by atoms with Crippen LogP contribution in [0.1, 0.15) is 32.3 Å². The van der Waals surface area contributed by atoms with Gasteiger partial charge in [-0.3, -0.25) is 9.52 Å². The first kappa shape index (κ1) is 25.8. The lowest BCUT2D eigenvalue weighted by atomic mass is 10.1. The van der Waals surface area contributed by atoms with E-state index >= 15 is 0 Å². The predicted octanol–water partition coefficient (Wildman–Crippen LogP) is 3.73. The fraction of sp³-hybridized carbons (Fsp3) is 0.480. The summed E-state index contributed by atoms with van der Waals surface area (Å²) in [6, 6.07) is 11.6. The predicted molar refractivity (Wildman–Crippen MR) is 134 cm³/mol. The summed E-state index contributed by atoms with van der Waals surface area (Å²) in [6.45, 7) is 5.38.